The smallest absolute Gasteiger partial charge is 0.233 e. The fourth-order valence-corrected chi connectivity index (χ4v) is 4.68. The predicted molar refractivity (Wildman–Crippen MR) is 101 cm³/mol. The lowest BCUT2D eigenvalue weighted by Crippen LogP contribution is -2.40. The van der Waals surface area contributed by atoms with Gasteiger partial charge in [0.2, 0.25) is 11.8 Å². The lowest BCUT2D eigenvalue weighted by molar-refractivity contribution is -0.140. The van der Waals surface area contributed by atoms with Crippen LogP contribution in [0.5, 0.6) is 11.5 Å². The molecule has 1 saturated heterocycles. The van der Waals surface area contributed by atoms with E-state index in [9.17, 15) is 9.59 Å². The molecule has 0 bridgehead atoms. The van der Waals surface area contributed by atoms with Crippen LogP contribution in [0.15, 0.2) is 18.2 Å². The van der Waals surface area contributed by atoms with E-state index in [-0.39, 0.29) is 29.7 Å². The Morgan fingerprint density at radius 3 is 2.70 bits per heavy atom. The van der Waals surface area contributed by atoms with Gasteiger partial charge in [-0.15, -0.1) is 0 Å². The van der Waals surface area contributed by atoms with Gasteiger partial charge in [-0.3, -0.25) is 14.5 Å². The number of amides is 2. The highest BCUT2D eigenvalue weighted by atomic mass is 16.5. The molecule has 1 aromatic carbocycles. The topological polar surface area (TPSA) is 67.9 Å². The fourth-order valence-electron chi connectivity index (χ4n) is 4.68. The average molecular weight is 372 g/mol. The number of hydrogen-bond acceptors (Lipinski definition) is 5. The van der Waals surface area contributed by atoms with E-state index in [1.165, 1.54) is 4.90 Å². The van der Waals surface area contributed by atoms with Crippen molar-refractivity contribution in [2.24, 2.45) is 11.8 Å². The molecule has 4 rings (SSSR count). The van der Waals surface area contributed by atoms with Gasteiger partial charge in [0, 0.05) is 18.2 Å². The van der Waals surface area contributed by atoms with Gasteiger partial charge in [0.1, 0.15) is 18.1 Å². The summed E-state index contributed by atoms with van der Waals surface area (Å²) in [5.74, 6) is 1.87. The van der Waals surface area contributed by atoms with Crippen LogP contribution in [-0.4, -0.2) is 49.6 Å². The number of rotatable bonds is 7. The van der Waals surface area contributed by atoms with Crippen LogP contribution in [0.3, 0.4) is 0 Å². The molecule has 6 heteroatoms. The number of fused-ring (bicyclic) bond motifs is 2. The first-order valence-corrected chi connectivity index (χ1v) is 10.1. The minimum absolute atomic E-state index is 0.0231. The normalized spacial score (nSPS) is 26.7. The van der Waals surface area contributed by atoms with Crippen molar-refractivity contribution in [1.29, 1.82) is 0 Å². The zero-order valence-electron chi connectivity index (χ0n) is 15.9. The van der Waals surface area contributed by atoms with Crippen molar-refractivity contribution in [3.8, 4) is 11.5 Å². The van der Waals surface area contributed by atoms with Gasteiger partial charge in [-0.05, 0) is 50.8 Å². The van der Waals surface area contributed by atoms with E-state index in [0.29, 0.717) is 13.2 Å². The molecule has 6 nitrogen and oxygen atoms in total. The quantitative estimate of drug-likeness (QED) is 0.587. The van der Waals surface area contributed by atoms with E-state index in [0.717, 1.165) is 62.1 Å². The summed E-state index contributed by atoms with van der Waals surface area (Å²) < 4.78 is 11.3. The van der Waals surface area contributed by atoms with Gasteiger partial charge in [0.25, 0.3) is 0 Å². The van der Waals surface area contributed by atoms with Gasteiger partial charge in [0.15, 0.2) is 0 Å². The van der Waals surface area contributed by atoms with Crippen LogP contribution < -0.4 is 14.8 Å². The van der Waals surface area contributed by atoms with Crippen molar-refractivity contribution >= 4 is 11.8 Å². The van der Waals surface area contributed by atoms with Crippen molar-refractivity contribution in [3.05, 3.63) is 23.8 Å². The second-order valence-electron chi connectivity index (χ2n) is 7.78. The zero-order chi connectivity index (χ0) is 18.8. The number of methoxy groups -OCH3 is 1. The summed E-state index contributed by atoms with van der Waals surface area (Å²) in [6, 6.07) is 6.14. The van der Waals surface area contributed by atoms with Crippen LogP contribution in [0, 0.1) is 11.8 Å². The van der Waals surface area contributed by atoms with E-state index >= 15 is 0 Å². The molecule has 1 aliphatic carbocycles. The molecular weight excluding hydrogens is 344 g/mol. The summed E-state index contributed by atoms with van der Waals surface area (Å²) in [5, 5.41) is 3.53. The standard InChI is InChI=1S/C21H28N2O4/c1-26-18-8-5-9-19-17(18)12-14(13-27-19)22-10-2-3-11-23-20(24)15-6-4-7-16(15)21(23)25/h5,8-9,14-16,22H,2-4,6-7,10-13H2,1H3. The van der Waals surface area contributed by atoms with E-state index < -0.39 is 0 Å². The molecule has 2 amide bonds. The number of carbonyl (C=O) groups excluding carboxylic acids is 2. The molecule has 0 spiro atoms. The number of nitrogens with one attached hydrogen (secondary N) is 1. The SMILES string of the molecule is COc1cccc2c1CC(NCCCCN1C(=O)C3CCCC3C1=O)CO2. The second kappa shape index (κ2) is 7.89. The third-order valence-electron chi connectivity index (χ3n) is 6.12. The Morgan fingerprint density at radius 1 is 1.19 bits per heavy atom. The predicted octanol–water partition coefficient (Wildman–Crippen LogP) is 2.15. The molecule has 1 saturated carbocycles. The van der Waals surface area contributed by atoms with Crippen LogP contribution in [0.4, 0.5) is 0 Å². The first-order valence-electron chi connectivity index (χ1n) is 10.1. The maximum atomic E-state index is 12.3. The monoisotopic (exact) mass is 372 g/mol. The molecule has 0 radical (unpaired) electrons. The Balaban J connectivity index is 1.20. The van der Waals surface area contributed by atoms with Crippen molar-refractivity contribution in [2.75, 3.05) is 26.8 Å². The Labute approximate surface area is 160 Å². The molecule has 2 aliphatic heterocycles. The Hall–Kier alpha value is -2.08. The molecule has 2 fully saturated rings. The van der Waals surface area contributed by atoms with Crippen molar-refractivity contribution in [3.63, 3.8) is 0 Å². The molecule has 3 aliphatic rings. The maximum Gasteiger partial charge on any atom is 0.233 e. The first kappa shape index (κ1) is 18.3. The second-order valence-corrected chi connectivity index (χ2v) is 7.78. The van der Waals surface area contributed by atoms with Crippen LogP contribution in [-0.2, 0) is 16.0 Å². The van der Waals surface area contributed by atoms with Crippen LogP contribution >= 0.6 is 0 Å². The lowest BCUT2D eigenvalue weighted by Gasteiger charge is -2.27. The fraction of sp³-hybridized carbons (Fsp3) is 0.619. The molecule has 27 heavy (non-hydrogen) atoms. The summed E-state index contributed by atoms with van der Waals surface area (Å²) in [4.78, 5) is 26.2. The van der Waals surface area contributed by atoms with E-state index in [2.05, 4.69) is 5.32 Å². The Morgan fingerprint density at radius 2 is 1.96 bits per heavy atom. The first-order chi connectivity index (χ1) is 13.2. The number of carbonyl (C=O) groups is 2. The minimum Gasteiger partial charge on any atom is -0.496 e. The zero-order valence-corrected chi connectivity index (χ0v) is 15.9. The number of unbranched alkanes of at least 4 members (excludes halogenated alkanes) is 1. The number of nitrogens with zero attached hydrogens (tertiary/aromatic N) is 1. The highest BCUT2D eigenvalue weighted by Gasteiger charge is 2.49. The third kappa shape index (κ3) is 3.55. The summed E-state index contributed by atoms with van der Waals surface area (Å²) >= 11 is 0. The van der Waals surface area contributed by atoms with Crippen LogP contribution in [0.2, 0.25) is 0 Å². The number of hydrogen-bond donors (Lipinski definition) is 1. The van der Waals surface area contributed by atoms with Gasteiger partial charge in [0.05, 0.1) is 18.9 Å². The number of imide groups is 1. The highest BCUT2D eigenvalue weighted by Crippen LogP contribution is 2.39. The summed E-state index contributed by atoms with van der Waals surface area (Å²) in [6.45, 7) is 2.05. The van der Waals surface area contributed by atoms with E-state index in [4.69, 9.17) is 9.47 Å². The van der Waals surface area contributed by atoms with E-state index in [1.807, 2.05) is 18.2 Å². The Kier molecular flexibility index (Phi) is 5.34. The largest absolute Gasteiger partial charge is 0.496 e. The highest BCUT2D eigenvalue weighted by molar-refractivity contribution is 6.05. The molecule has 0 aromatic heterocycles. The number of likely N-dealkylation sites (tertiary alicyclic amines) is 1. The van der Waals surface area contributed by atoms with Gasteiger partial charge >= 0.3 is 0 Å². The van der Waals surface area contributed by atoms with Crippen molar-refractivity contribution in [2.45, 2.75) is 44.6 Å². The minimum atomic E-state index is -0.0231. The lowest BCUT2D eigenvalue weighted by atomic mass is 10.00. The average Bonchev–Trinajstić information content (AvgIpc) is 3.26. The molecule has 2 heterocycles. The molecule has 1 N–H and O–H groups in total. The third-order valence-corrected chi connectivity index (χ3v) is 6.12. The van der Waals surface area contributed by atoms with Crippen LogP contribution in [0.25, 0.3) is 0 Å². The molecule has 3 atom stereocenters. The van der Waals surface area contributed by atoms with Crippen molar-refractivity contribution in [1.82, 2.24) is 10.2 Å². The Bertz CT molecular complexity index is 684. The number of benzene rings is 1. The van der Waals surface area contributed by atoms with Gasteiger partial charge in [-0.1, -0.05) is 12.5 Å². The van der Waals surface area contributed by atoms with Gasteiger partial charge < -0.3 is 14.8 Å². The molecule has 1 aromatic rings. The van der Waals surface area contributed by atoms with E-state index in [1.54, 1.807) is 7.11 Å². The van der Waals surface area contributed by atoms with Gasteiger partial charge in [-0.25, -0.2) is 0 Å². The van der Waals surface area contributed by atoms with Crippen molar-refractivity contribution < 1.29 is 19.1 Å². The maximum absolute atomic E-state index is 12.3. The van der Waals surface area contributed by atoms with Gasteiger partial charge in [-0.2, -0.15) is 0 Å². The molecular formula is C21H28N2O4. The van der Waals surface area contributed by atoms with Crippen LogP contribution in [0.1, 0.15) is 37.7 Å². The number of ether oxygens (including phenoxy) is 2. The molecule has 3 unspecified atom stereocenters. The summed E-state index contributed by atoms with van der Waals surface area (Å²) in [7, 11) is 1.68. The molecule has 146 valence electrons. The summed E-state index contributed by atoms with van der Waals surface area (Å²) in [5.41, 5.74) is 1.11. The summed E-state index contributed by atoms with van der Waals surface area (Å²) in [6.07, 6.45) is 5.45.